The minimum atomic E-state index is -4.30. The van der Waals surface area contributed by atoms with Crippen LogP contribution in [0.3, 0.4) is 0 Å². The molecule has 0 amide bonds. The van der Waals surface area contributed by atoms with Gasteiger partial charge in [-0.3, -0.25) is 4.79 Å². The van der Waals surface area contributed by atoms with Gasteiger partial charge < -0.3 is 0 Å². The number of carbonyl (C=O) groups excluding carboxylic acids is 1. The number of Topliss-reactive ketones (excluding diaryl/α,β-unsaturated/α-hetero) is 1. The van der Waals surface area contributed by atoms with Crippen LogP contribution in [0.25, 0.3) is 0 Å². The summed E-state index contributed by atoms with van der Waals surface area (Å²) in [6, 6.07) is 5.32. The summed E-state index contributed by atoms with van der Waals surface area (Å²) in [5, 5.41) is 0. The molecule has 0 heterocycles. The third kappa shape index (κ3) is 3.96. The molecule has 1 aliphatic carbocycles. The van der Waals surface area contributed by atoms with E-state index in [9.17, 15) is 18.0 Å². The number of benzene rings is 1. The van der Waals surface area contributed by atoms with E-state index in [2.05, 4.69) is 19.6 Å². The highest BCUT2D eigenvalue weighted by atomic mass is 28.3. The second kappa shape index (κ2) is 5.59. The smallest absolute Gasteiger partial charge is 0.300 e. The molecule has 0 N–H and O–H groups in total. The summed E-state index contributed by atoms with van der Waals surface area (Å²) in [5.41, 5.74) is 0.653. The molecule has 1 fully saturated rings. The summed E-state index contributed by atoms with van der Waals surface area (Å²) >= 11 is 0. The summed E-state index contributed by atoms with van der Waals surface area (Å²) in [7, 11) is -1.41. The van der Waals surface area contributed by atoms with E-state index in [0.29, 0.717) is 18.4 Å². The van der Waals surface area contributed by atoms with Gasteiger partial charge in [-0.1, -0.05) is 31.8 Å². The highest BCUT2D eigenvalue weighted by Crippen LogP contribution is 2.43. The molecule has 5 heteroatoms. The van der Waals surface area contributed by atoms with Gasteiger partial charge in [-0.15, -0.1) is 0 Å². The van der Waals surface area contributed by atoms with E-state index in [1.165, 1.54) is 12.1 Å². The van der Waals surface area contributed by atoms with Crippen LogP contribution >= 0.6 is 0 Å². The monoisotopic (exact) mass is 314 g/mol. The molecule has 21 heavy (non-hydrogen) atoms. The zero-order chi connectivity index (χ0) is 15.8. The lowest BCUT2D eigenvalue weighted by Gasteiger charge is -2.36. The highest BCUT2D eigenvalue weighted by Gasteiger charge is 2.36. The Morgan fingerprint density at radius 3 is 2.10 bits per heavy atom. The van der Waals surface area contributed by atoms with Crippen LogP contribution in [0.15, 0.2) is 24.3 Å². The van der Waals surface area contributed by atoms with Gasteiger partial charge in [0.05, 0.1) is 5.56 Å². The van der Waals surface area contributed by atoms with Crippen molar-refractivity contribution in [3.05, 3.63) is 35.4 Å². The Morgan fingerprint density at radius 2 is 1.62 bits per heavy atom. The van der Waals surface area contributed by atoms with Crippen LogP contribution in [-0.4, -0.2) is 13.9 Å². The maximum atomic E-state index is 12.6. The summed E-state index contributed by atoms with van der Waals surface area (Å²) in [4.78, 5) is 12.0. The second-order valence-corrected chi connectivity index (χ2v) is 12.6. The molecule has 0 unspecified atom stereocenters. The summed E-state index contributed by atoms with van der Waals surface area (Å²) in [6.45, 7) is 6.75. The molecule has 2 rings (SSSR count). The van der Waals surface area contributed by atoms with Gasteiger partial charge in [-0.25, -0.2) is 0 Å². The molecule has 0 radical (unpaired) electrons. The number of carbonyl (C=O) groups is 1. The highest BCUT2D eigenvalue weighted by molar-refractivity contribution is 6.77. The molecule has 116 valence electrons. The first kappa shape index (κ1) is 16.3. The first-order valence-electron chi connectivity index (χ1n) is 7.26. The van der Waals surface area contributed by atoms with E-state index < -0.39 is 19.8 Å². The van der Waals surface area contributed by atoms with E-state index in [0.717, 1.165) is 24.1 Å². The molecule has 0 spiro atoms. The molecule has 0 aliphatic heterocycles. The molecular weight excluding hydrogens is 293 g/mol. The van der Waals surface area contributed by atoms with E-state index in [1.54, 1.807) is 0 Å². The summed E-state index contributed by atoms with van der Waals surface area (Å²) < 4.78 is 37.8. The Kier molecular flexibility index (Phi) is 4.33. The number of hydrogen-bond donors (Lipinski definition) is 0. The van der Waals surface area contributed by atoms with E-state index in [1.807, 2.05) is 0 Å². The Labute approximate surface area is 124 Å². The van der Waals surface area contributed by atoms with Crippen molar-refractivity contribution in [2.45, 2.75) is 56.5 Å². The summed E-state index contributed by atoms with van der Waals surface area (Å²) in [6.07, 6.45) is -2.27. The van der Waals surface area contributed by atoms with Gasteiger partial charge in [-0.2, -0.15) is 13.2 Å². The first-order chi connectivity index (χ1) is 9.57. The number of hydrogen-bond acceptors (Lipinski definition) is 1. The molecule has 2 atom stereocenters. The topological polar surface area (TPSA) is 17.1 Å². The van der Waals surface area contributed by atoms with Crippen LogP contribution < -0.4 is 0 Å². The van der Waals surface area contributed by atoms with Crippen LogP contribution in [0, 0.1) is 0 Å². The van der Waals surface area contributed by atoms with Crippen molar-refractivity contribution in [3.63, 3.8) is 0 Å². The van der Waals surface area contributed by atoms with Crippen LogP contribution in [0.5, 0.6) is 0 Å². The average molecular weight is 314 g/mol. The fourth-order valence-electron chi connectivity index (χ4n) is 3.00. The minimum absolute atomic E-state index is 0.0743. The minimum Gasteiger partial charge on any atom is -0.300 e. The SMILES string of the molecule is C[Si](C)(C)[C@H]1CC(=O)C[C@@H](c2ccc(C(F)(F)F)cc2)C1. The molecular formula is C16H21F3OSi. The standard InChI is InChI=1S/C16H21F3OSi/c1-21(2,3)15-9-12(8-14(20)10-15)11-4-6-13(7-5-11)16(17,18)19/h4-7,12,15H,8-10H2,1-3H3/t12-,15-/m1/s1. The third-order valence-electron chi connectivity index (χ3n) is 4.45. The predicted octanol–water partition coefficient (Wildman–Crippen LogP) is 5.25. The predicted molar refractivity (Wildman–Crippen MR) is 80.1 cm³/mol. The Bertz CT molecular complexity index is 514. The fraction of sp³-hybridized carbons (Fsp3) is 0.562. The van der Waals surface area contributed by atoms with Crippen LogP contribution in [0.2, 0.25) is 25.2 Å². The average Bonchev–Trinajstić information content (AvgIpc) is 2.36. The molecule has 0 saturated heterocycles. The maximum Gasteiger partial charge on any atom is 0.416 e. The van der Waals surface area contributed by atoms with Gasteiger partial charge in [0.25, 0.3) is 0 Å². The lowest BCUT2D eigenvalue weighted by molar-refractivity contribution is -0.137. The third-order valence-corrected chi connectivity index (χ3v) is 7.34. The van der Waals surface area contributed by atoms with Crippen molar-refractivity contribution in [2.24, 2.45) is 0 Å². The normalized spacial score (nSPS) is 24.2. The van der Waals surface area contributed by atoms with Crippen LogP contribution in [0.4, 0.5) is 13.2 Å². The largest absolute Gasteiger partial charge is 0.416 e. The fourth-order valence-corrected chi connectivity index (χ4v) is 4.83. The lowest BCUT2D eigenvalue weighted by Crippen LogP contribution is -2.34. The summed E-state index contributed by atoms with van der Waals surface area (Å²) in [5.74, 6) is 0.323. The Balaban J connectivity index is 2.19. The number of ketones is 1. The van der Waals surface area contributed by atoms with E-state index in [4.69, 9.17) is 0 Å². The molecule has 1 aliphatic rings. The lowest BCUT2D eigenvalue weighted by atomic mass is 9.83. The van der Waals surface area contributed by atoms with Gasteiger partial charge in [0.1, 0.15) is 5.78 Å². The molecule has 1 nitrogen and oxygen atoms in total. The molecule has 1 saturated carbocycles. The van der Waals surface area contributed by atoms with Gasteiger partial charge in [0, 0.05) is 20.9 Å². The number of alkyl halides is 3. The van der Waals surface area contributed by atoms with Crippen molar-refractivity contribution in [1.82, 2.24) is 0 Å². The molecule has 1 aromatic carbocycles. The first-order valence-corrected chi connectivity index (χ1v) is 10.8. The van der Waals surface area contributed by atoms with Crippen molar-refractivity contribution in [2.75, 3.05) is 0 Å². The van der Waals surface area contributed by atoms with Gasteiger partial charge in [0.2, 0.25) is 0 Å². The number of halogens is 3. The Morgan fingerprint density at radius 1 is 1.05 bits per heavy atom. The molecule has 1 aromatic rings. The Hall–Kier alpha value is -1.10. The van der Waals surface area contributed by atoms with Crippen molar-refractivity contribution >= 4 is 13.9 Å². The van der Waals surface area contributed by atoms with Gasteiger partial charge in [-0.05, 0) is 35.6 Å². The zero-order valence-corrected chi connectivity index (χ0v) is 13.6. The molecule has 0 bridgehead atoms. The number of rotatable bonds is 2. The second-order valence-electron chi connectivity index (χ2n) is 7.06. The van der Waals surface area contributed by atoms with E-state index in [-0.39, 0.29) is 11.7 Å². The zero-order valence-electron chi connectivity index (χ0n) is 12.6. The maximum absolute atomic E-state index is 12.6. The van der Waals surface area contributed by atoms with Gasteiger partial charge in [0.15, 0.2) is 0 Å². The molecule has 0 aromatic heterocycles. The van der Waals surface area contributed by atoms with E-state index >= 15 is 0 Å². The quantitative estimate of drug-likeness (QED) is 0.681. The van der Waals surface area contributed by atoms with Crippen molar-refractivity contribution < 1.29 is 18.0 Å². The van der Waals surface area contributed by atoms with Crippen molar-refractivity contribution in [3.8, 4) is 0 Å². The van der Waals surface area contributed by atoms with Crippen LogP contribution in [0.1, 0.15) is 36.3 Å². The van der Waals surface area contributed by atoms with Gasteiger partial charge >= 0.3 is 6.18 Å². The van der Waals surface area contributed by atoms with Crippen LogP contribution in [-0.2, 0) is 11.0 Å². The van der Waals surface area contributed by atoms with Crippen molar-refractivity contribution in [1.29, 1.82) is 0 Å².